The Morgan fingerprint density at radius 1 is 1.24 bits per heavy atom. The fourth-order valence-corrected chi connectivity index (χ4v) is 4.81. The number of nitrogens with zero attached hydrogens (tertiary/aromatic N) is 3. The van der Waals surface area contributed by atoms with E-state index in [0.717, 1.165) is 10.9 Å². The number of methoxy groups -OCH3 is 1. The summed E-state index contributed by atoms with van der Waals surface area (Å²) in [7, 11) is 1.48. The lowest BCUT2D eigenvalue weighted by atomic mass is 10.2. The van der Waals surface area contributed by atoms with Crippen LogP contribution in [0.1, 0.15) is 24.7 Å². The van der Waals surface area contributed by atoms with Crippen LogP contribution in [-0.2, 0) is 11.2 Å². The second-order valence-corrected chi connectivity index (χ2v) is 10.2. The number of amides is 1. The molecule has 0 saturated heterocycles. The zero-order valence-electron chi connectivity index (χ0n) is 20.5. The molecule has 0 aliphatic rings. The Balaban J connectivity index is 1.58. The zero-order valence-corrected chi connectivity index (χ0v) is 24.2. The standard InChI is InChI=1S/C27H23BrFIN4O4/c1-3-6-24-32-21-10-9-17(28)13-18(21)27(36)34(24)31-14-16-11-20(30)26(23(12-16)37-2)38-15-25(35)33-22-8-5-4-7-19(22)29/h4-5,7-14H,3,6,15H2,1-2H3,(H,33,35). The van der Waals surface area contributed by atoms with Crippen molar-refractivity contribution < 1.29 is 18.7 Å². The van der Waals surface area contributed by atoms with E-state index in [-0.39, 0.29) is 17.9 Å². The van der Waals surface area contributed by atoms with Gasteiger partial charge < -0.3 is 14.8 Å². The minimum Gasteiger partial charge on any atom is -0.493 e. The van der Waals surface area contributed by atoms with Crippen LogP contribution in [0.2, 0.25) is 0 Å². The molecule has 0 saturated carbocycles. The highest BCUT2D eigenvalue weighted by molar-refractivity contribution is 14.1. The number of carbonyl (C=O) groups is 1. The van der Waals surface area contributed by atoms with Crippen molar-refractivity contribution in [1.82, 2.24) is 9.66 Å². The SMILES string of the molecule is CCCc1nc2ccc(Br)cc2c(=O)n1N=Cc1cc(I)c(OCC(=O)Nc2ccccc2F)c(OC)c1. The van der Waals surface area contributed by atoms with Crippen molar-refractivity contribution in [3.05, 3.63) is 90.2 Å². The summed E-state index contributed by atoms with van der Waals surface area (Å²) in [5, 5.41) is 7.39. The maximum Gasteiger partial charge on any atom is 0.282 e. The third kappa shape index (κ3) is 6.38. The topological polar surface area (TPSA) is 94.8 Å². The Labute approximate surface area is 240 Å². The molecular formula is C27H23BrFIN4O4. The molecule has 8 nitrogen and oxygen atoms in total. The number of aryl methyl sites for hydroxylation is 1. The third-order valence-electron chi connectivity index (χ3n) is 5.42. The van der Waals surface area contributed by atoms with Gasteiger partial charge in [0, 0.05) is 10.9 Å². The Morgan fingerprint density at radius 2 is 2.03 bits per heavy atom. The van der Waals surface area contributed by atoms with E-state index < -0.39 is 11.7 Å². The molecule has 0 spiro atoms. The molecule has 0 fully saturated rings. The maximum absolute atomic E-state index is 13.8. The highest BCUT2D eigenvalue weighted by Crippen LogP contribution is 2.33. The molecule has 0 atom stereocenters. The Morgan fingerprint density at radius 3 is 2.76 bits per heavy atom. The van der Waals surface area contributed by atoms with Crippen molar-refractivity contribution in [3.63, 3.8) is 0 Å². The molecule has 0 unspecified atom stereocenters. The van der Waals surface area contributed by atoms with Crippen molar-refractivity contribution in [2.45, 2.75) is 19.8 Å². The summed E-state index contributed by atoms with van der Waals surface area (Å²) in [6.07, 6.45) is 2.93. The Bertz CT molecular complexity index is 1590. The largest absolute Gasteiger partial charge is 0.493 e. The molecule has 0 aliphatic carbocycles. The predicted molar refractivity (Wildman–Crippen MR) is 157 cm³/mol. The summed E-state index contributed by atoms with van der Waals surface area (Å²) in [6, 6.07) is 14.7. The van der Waals surface area contributed by atoms with Crippen LogP contribution in [0.25, 0.3) is 10.9 Å². The lowest BCUT2D eigenvalue weighted by molar-refractivity contribution is -0.118. The highest BCUT2D eigenvalue weighted by Gasteiger charge is 2.15. The molecule has 0 aliphatic heterocycles. The van der Waals surface area contributed by atoms with Crippen LogP contribution < -0.4 is 20.3 Å². The number of rotatable bonds is 9. The first-order chi connectivity index (χ1) is 18.3. The molecule has 1 aromatic heterocycles. The highest BCUT2D eigenvalue weighted by atomic mass is 127. The van der Waals surface area contributed by atoms with Crippen molar-refractivity contribution in [1.29, 1.82) is 0 Å². The van der Waals surface area contributed by atoms with Crippen molar-refractivity contribution in [2.24, 2.45) is 5.10 Å². The average molecular weight is 693 g/mol. The maximum atomic E-state index is 13.8. The van der Waals surface area contributed by atoms with E-state index in [1.54, 1.807) is 36.5 Å². The van der Waals surface area contributed by atoms with Crippen LogP contribution in [0.15, 0.2) is 69.0 Å². The molecular weight excluding hydrogens is 670 g/mol. The van der Waals surface area contributed by atoms with Gasteiger partial charge >= 0.3 is 0 Å². The van der Waals surface area contributed by atoms with Gasteiger partial charge in [0.05, 0.1) is 33.5 Å². The molecule has 3 aromatic carbocycles. The number of ether oxygens (including phenoxy) is 2. The average Bonchev–Trinajstić information content (AvgIpc) is 2.89. The quantitative estimate of drug-likeness (QED) is 0.178. The minimum absolute atomic E-state index is 0.0718. The van der Waals surface area contributed by atoms with E-state index in [0.29, 0.717) is 43.8 Å². The van der Waals surface area contributed by atoms with Gasteiger partial charge in [0.2, 0.25) is 0 Å². The number of nitrogens with one attached hydrogen (secondary N) is 1. The first-order valence-electron chi connectivity index (χ1n) is 11.6. The summed E-state index contributed by atoms with van der Waals surface area (Å²) in [5.74, 6) is 0.240. The number of carbonyl (C=O) groups excluding carboxylic acids is 1. The van der Waals surface area contributed by atoms with Gasteiger partial charge in [-0.15, -0.1) is 0 Å². The molecule has 0 bridgehead atoms. The predicted octanol–water partition coefficient (Wildman–Crippen LogP) is 5.76. The lowest BCUT2D eigenvalue weighted by Crippen LogP contribution is -2.22. The van der Waals surface area contributed by atoms with Crippen LogP contribution in [0.4, 0.5) is 10.1 Å². The second-order valence-electron chi connectivity index (χ2n) is 8.15. The van der Waals surface area contributed by atoms with Gasteiger partial charge in [-0.2, -0.15) is 9.78 Å². The lowest BCUT2D eigenvalue weighted by Gasteiger charge is -2.14. The van der Waals surface area contributed by atoms with Gasteiger partial charge in [-0.1, -0.05) is 35.0 Å². The van der Waals surface area contributed by atoms with Gasteiger partial charge in [-0.25, -0.2) is 9.37 Å². The number of para-hydroxylation sites is 1. The van der Waals surface area contributed by atoms with E-state index in [1.807, 2.05) is 13.0 Å². The van der Waals surface area contributed by atoms with E-state index in [1.165, 1.54) is 30.0 Å². The second kappa shape index (κ2) is 12.5. The number of hydrogen-bond acceptors (Lipinski definition) is 6. The number of benzene rings is 3. The molecule has 4 rings (SSSR count). The van der Waals surface area contributed by atoms with Gasteiger partial charge in [-0.05, 0) is 77.0 Å². The molecule has 196 valence electrons. The number of halogens is 3. The molecule has 4 aromatic rings. The number of hydrogen-bond donors (Lipinski definition) is 1. The summed E-state index contributed by atoms with van der Waals surface area (Å²) in [5.41, 5.74) is 1.07. The fourth-order valence-electron chi connectivity index (χ4n) is 3.66. The van der Waals surface area contributed by atoms with Crippen LogP contribution >= 0.6 is 38.5 Å². The van der Waals surface area contributed by atoms with E-state index in [4.69, 9.17) is 9.47 Å². The monoisotopic (exact) mass is 692 g/mol. The van der Waals surface area contributed by atoms with Gasteiger partial charge in [0.15, 0.2) is 18.1 Å². The number of fused-ring (bicyclic) bond motifs is 1. The van der Waals surface area contributed by atoms with Crippen molar-refractivity contribution in [3.8, 4) is 11.5 Å². The first kappa shape index (κ1) is 27.7. The third-order valence-corrected chi connectivity index (χ3v) is 6.71. The van der Waals surface area contributed by atoms with Crippen LogP contribution in [0.5, 0.6) is 11.5 Å². The summed E-state index contributed by atoms with van der Waals surface area (Å²) in [6.45, 7) is 1.66. The first-order valence-corrected chi connectivity index (χ1v) is 13.5. The van der Waals surface area contributed by atoms with E-state index in [2.05, 4.69) is 53.9 Å². The molecule has 11 heteroatoms. The summed E-state index contributed by atoms with van der Waals surface area (Å²) < 4.78 is 27.7. The molecule has 1 heterocycles. The summed E-state index contributed by atoms with van der Waals surface area (Å²) >= 11 is 5.47. The fraction of sp³-hybridized carbons (Fsp3) is 0.185. The van der Waals surface area contributed by atoms with Gasteiger partial charge in [-0.3, -0.25) is 9.59 Å². The van der Waals surface area contributed by atoms with Crippen LogP contribution in [0, 0.1) is 9.39 Å². The number of aromatic nitrogens is 2. The van der Waals surface area contributed by atoms with Crippen LogP contribution in [-0.4, -0.2) is 35.5 Å². The normalized spacial score (nSPS) is 11.2. The van der Waals surface area contributed by atoms with Crippen molar-refractivity contribution >= 4 is 67.2 Å². The van der Waals surface area contributed by atoms with Gasteiger partial charge in [0.1, 0.15) is 11.6 Å². The van der Waals surface area contributed by atoms with Gasteiger partial charge in [0.25, 0.3) is 11.5 Å². The molecule has 1 amide bonds. The van der Waals surface area contributed by atoms with Crippen LogP contribution in [0.3, 0.4) is 0 Å². The van der Waals surface area contributed by atoms with E-state index >= 15 is 0 Å². The summed E-state index contributed by atoms with van der Waals surface area (Å²) in [4.78, 5) is 30.2. The minimum atomic E-state index is -0.535. The zero-order chi connectivity index (χ0) is 27.2. The molecule has 1 N–H and O–H groups in total. The van der Waals surface area contributed by atoms with Crippen molar-refractivity contribution in [2.75, 3.05) is 19.0 Å². The smallest absolute Gasteiger partial charge is 0.282 e. The number of anilines is 1. The Hall–Kier alpha value is -3.32. The van der Waals surface area contributed by atoms with E-state index in [9.17, 15) is 14.0 Å². The molecule has 0 radical (unpaired) electrons. The Kier molecular flexibility index (Phi) is 9.10. The molecule has 38 heavy (non-hydrogen) atoms.